The van der Waals surface area contributed by atoms with Crippen LogP contribution in [0.25, 0.3) is 11.3 Å². The number of nitrogens with two attached hydrogens (primary N) is 1. The summed E-state index contributed by atoms with van der Waals surface area (Å²) in [5, 5.41) is 14.4. The fraction of sp³-hybridized carbons (Fsp3) is 0.316. The van der Waals surface area contributed by atoms with Gasteiger partial charge in [0.2, 0.25) is 0 Å². The number of pyridine rings is 1. The molecule has 1 aliphatic rings. The molecule has 9 nitrogen and oxygen atoms in total. The highest BCUT2D eigenvalue weighted by Gasteiger charge is 2.35. The fourth-order valence-corrected chi connectivity index (χ4v) is 4.45. The van der Waals surface area contributed by atoms with E-state index in [0.717, 1.165) is 0 Å². The highest BCUT2D eigenvalue weighted by atomic mass is 35.5. The number of halogens is 3. The summed E-state index contributed by atoms with van der Waals surface area (Å²) in [5.74, 6) is -0.687. The lowest BCUT2D eigenvalue weighted by Gasteiger charge is -2.44. The van der Waals surface area contributed by atoms with E-state index in [0.29, 0.717) is 0 Å². The fourth-order valence-electron chi connectivity index (χ4n) is 3.53. The lowest BCUT2D eigenvalue weighted by Crippen LogP contribution is -2.59. The van der Waals surface area contributed by atoms with Crippen molar-refractivity contribution in [3.8, 4) is 11.3 Å². The van der Waals surface area contributed by atoms with Crippen LogP contribution in [0.1, 0.15) is 19.4 Å². The molecule has 3 rings (SSSR count). The molecule has 1 saturated heterocycles. The lowest BCUT2D eigenvalue weighted by molar-refractivity contribution is 0.0751. The Morgan fingerprint density at radius 1 is 1.22 bits per heavy atom. The molecule has 1 aromatic carbocycles. The maximum absolute atomic E-state index is 14.2. The Morgan fingerprint density at radius 3 is 2.41 bits per heavy atom. The van der Waals surface area contributed by atoms with E-state index in [4.69, 9.17) is 28.3 Å². The van der Waals surface area contributed by atoms with Crippen LogP contribution in [0.3, 0.4) is 0 Å². The summed E-state index contributed by atoms with van der Waals surface area (Å²) in [6.45, 7) is 3.59. The van der Waals surface area contributed by atoms with E-state index in [2.05, 4.69) is 9.38 Å². The number of amidine groups is 1. The molecule has 1 amide bonds. The zero-order chi connectivity index (χ0) is 23.8. The third kappa shape index (κ3) is 5.12. The second-order valence-corrected chi connectivity index (χ2v) is 9.33. The van der Waals surface area contributed by atoms with Crippen molar-refractivity contribution in [2.75, 3.05) is 13.1 Å². The van der Waals surface area contributed by atoms with Crippen LogP contribution in [-0.4, -0.2) is 65.4 Å². The van der Waals surface area contributed by atoms with Crippen molar-refractivity contribution in [1.82, 2.24) is 14.8 Å². The number of aromatic nitrogens is 1. The van der Waals surface area contributed by atoms with Crippen molar-refractivity contribution < 1.29 is 22.7 Å². The minimum atomic E-state index is -4.36. The molecule has 0 spiro atoms. The predicted octanol–water partition coefficient (Wildman–Crippen LogP) is 3.22. The third-order valence-electron chi connectivity index (χ3n) is 5.02. The minimum Gasteiger partial charge on any atom is -0.465 e. The summed E-state index contributed by atoms with van der Waals surface area (Å²) in [4.78, 5) is 18.5. The van der Waals surface area contributed by atoms with Crippen LogP contribution >= 0.6 is 23.2 Å². The summed E-state index contributed by atoms with van der Waals surface area (Å²) in [7, 11) is -4.36. The molecule has 0 bridgehead atoms. The van der Waals surface area contributed by atoms with E-state index in [1.165, 1.54) is 29.2 Å². The van der Waals surface area contributed by atoms with E-state index in [9.17, 15) is 22.7 Å². The van der Waals surface area contributed by atoms with Crippen LogP contribution in [0.15, 0.2) is 34.7 Å². The maximum atomic E-state index is 14.2. The van der Waals surface area contributed by atoms with E-state index in [-0.39, 0.29) is 45.9 Å². The molecule has 0 unspecified atom stereocenters. The van der Waals surface area contributed by atoms with Crippen molar-refractivity contribution in [2.24, 2.45) is 9.54 Å². The number of rotatable bonds is 3. The van der Waals surface area contributed by atoms with Gasteiger partial charge < -0.3 is 14.9 Å². The molecule has 1 aliphatic heterocycles. The van der Waals surface area contributed by atoms with E-state index in [1.807, 2.05) is 0 Å². The standard InChI is InChI=1S/C19H20Cl2FN5O4S/c1-10-9-27(19(28)29)11(2)8-26(10)18(25-32(23,30)31)13-7-14(20)16(24-17(13)21)12-5-3-4-6-15(12)22/h3-7,10-11H,8-9H2,1-2H3,(H,28,29)(H2,23,30,31)/b25-18-/t10-,11+/m0/s1. The molecule has 32 heavy (non-hydrogen) atoms. The first-order chi connectivity index (χ1) is 14.9. The van der Waals surface area contributed by atoms with Gasteiger partial charge in [-0.2, -0.15) is 8.42 Å². The number of amides is 1. The highest BCUT2D eigenvalue weighted by molar-refractivity contribution is 7.88. The Labute approximate surface area is 194 Å². The normalized spacial score (nSPS) is 19.9. The molecule has 1 aromatic heterocycles. The van der Waals surface area contributed by atoms with Gasteiger partial charge >= 0.3 is 16.3 Å². The predicted molar refractivity (Wildman–Crippen MR) is 120 cm³/mol. The molecule has 13 heteroatoms. The van der Waals surface area contributed by atoms with Gasteiger partial charge in [-0.3, -0.25) is 0 Å². The molecule has 3 N–H and O–H groups in total. The van der Waals surface area contributed by atoms with Gasteiger partial charge in [0, 0.05) is 30.7 Å². The second-order valence-electron chi connectivity index (χ2n) is 7.35. The number of hydrogen-bond acceptors (Lipinski definition) is 4. The number of carboxylic acid groups (broad SMARTS) is 1. The number of piperazine rings is 1. The third-order valence-corrected chi connectivity index (χ3v) is 6.02. The van der Waals surface area contributed by atoms with Crippen LogP contribution < -0.4 is 5.14 Å². The van der Waals surface area contributed by atoms with E-state index in [1.54, 1.807) is 24.8 Å². The van der Waals surface area contributed by atoms with Gasteiger partial charge in [0.25, 0.3) is 0 Å². The first kappa shape index (κ1) is 24.2. The van der Waals surface area contributed by atoms with Crippen LogP contribution in [0, 0.1) is 5.82 Å². The summed E-state index contributed by atoms with van der Waals surface area (Å²) in [6, 6.07) is 6.24. The topological polar surface area (TPSA) is 129 Å². The van der Waals surface area contributed by atoms with Gasteiger partial charge in [-0.05, 0) is 32.0 Å². The SMILES string of the molecule is C[C@@H]1CN(/C(=N\S(N)(=O)=O)c2cc(Cl)c(-c3ccccc3F)nc2Cl)[C@@H](C)CN1C(=O)O. The van der Waals surface area contributed by atoms with Crippen molar-refractivity contribution in [2.45, 2.75) is 25.9 Å². The van der Waals surface area contributed by atoms with Crippen molar-refractivity contribution >= 4 is 45.3 Å². The molecule has 0 aliphatic carbocycles. The van der Waals surface area contributed by atoms with E-state index < -0.39 is 34.2 Å². The largest absolute Gasteiger partial charge is 0.465 e. The van der Waals surface area contributed by atoms with Crippen LogP contribution in [0.2, 0.25) is 10.2 Å². The zero-order valence-corrected chi connectivity index (χ0v) is 19.4. The molecule has 2 atom stereocenters. The first-order valence-corrected chi connectivity index (χ1v) is 11.6. The van der Waals surface area contributed by atoms with Crippen molar-refractivity contribution in [1.29, 1.82) is 0 Å². The van der Waals surface area contributed by atoms with Gasteiger partial charge in [-0.25, -0.2) is 19.3 Å². The summed E-state index contributed by atoms with van der Waals surface area (Å²) < 4.78 is 41.6. The minimum absolute atomic E-state index is 0.0153. The van der Waals surface area contributed by atoms with Crippen LogP contribution in [-0.2, 0) is 10.2 Å². The molecule has 2 aromatic rings. The Bertz CT molecular complexity index is 1190. The van der Waals surface area contributed by atoms with Crippen LogP contribution in [0.4, 0.5) is 9.18 Å². The van der Waals surface area contributed by atoms with Crippen molar-refractivity contribution in [3.63, 3.8) is 0 Å². The molecule has 0 radical (unpaired) electrons. The number of hydrogen-bond donors (Lipinski definition) is 2. The average molecular weight is 504 g/mol. The Kier molecular flexibility index (Phi) is 6.94. The molecule has 1 fully saturated rings. The molecular weight excluding hydrogens is 484 g/mol. The van der Waals surface area contributed by atoms with Gasteiger partial charge in [0.15, 0.2) is 5.84 Å². The maximum Gasteiger partial charge on any atom is 0.407 e. The van der Waals surface area contributed by atoms with E-state index >= 15 is 0 Å². The Morgan fingerprint density at radius 2 is 1.81 bits per heavy atom. The number of carbonyl (C=O) groups is 1. The number of benzene rings is 1. The molecule has 0 saturated carbocycles. The molecule has 2 heterocycles. The first-order valence-electron chi connectivity index (χ1n) is 9.39. The Balaban J connectivity index is 2.12. The lowest BCUT2D eigenvalue weighted by atomic mass is 10.1. The summed E-state index contributed by atoms with van der Waals surface area (Å²) >= 11 is 12.7. The van der Waals surface area contributed by atoms with Gasteiger partial charge in [0.05, 0.1) is 16.3 Å². The monoisotopic (exact) mass is 503 g/mol. The van der Waals surface area contributed by atoms with Gasteiger partial charge in [-0.15, -0.1) is 4.40 Å². The summed E-state index contributed by atoms with van der Waals surface area (Å²) in [5.41, 5.74) is 0.257. The smallest absolute Gasteiger partial charge is 0.407 e. The summed E-state index contributed by atoms with van der Waals surface area (Å²) in [6.07, 6.45) is -1.09. The highest BCUT2D eigenvalue weighted by Crippen LogP contribution is 2.33. The quantitative estimate of drug-likeness (QED) is 0.375. The molecular formula is C19H20Cl2FN5O4S. The Hall–Kier alpha value is -2.47. The average Bonchev–Trinajstić information content (AvgIpc) is 2.69. The molecule has 172 valence electrons. The van der Waals surface area contributed by atoms with Crippen molar-refractivity contribution in [3.05, 3.63) is 51.9 Å². The zero-order valence-electron chi connectivity index (χ0n) is 17.0. The second kappa shape index (κ2) is 9.18. The van der Waals surface area contributed by atoms with Gasteiger partial charge in [-0.1, -0.05) is 35.3 Å². The number of nitrogens with zero attached hydrogens (tertiary/aromatic N) is 4. The van der Waals surface area contributed by atoms with Crippen LogP contribution in [0.5, 0.6) is 0 Å². The van der Waals surface area contributed by atoms with Gasteiger partial charge in [0.1, 0.15) is 11.0 Å².